The van der Waals surface area contributed by atoms with Crippen LogP contribution in [-0.2, 0) is 6.42 Å². The first kappa shape index (κ1) is 17.5. The van der Waals surface area contributed by atoms with Crippen molar-refractivity contribution in [2.45, 2.75) is 19.8 Å². The molecule has 0 amide bonds. The molecule has 0 saturated heterocycles. The van der Waals surface area contributed by atoms with Gasteiger partial charge >= 0.3 is 0 Å². The van der Waals surface area contributed by atoms with Gasteiger partial charge in [-0.2, -0.15) is 0 Å². The van der Waals surface area contributed by atoms with Crippen LogP contribution in [0.15, 0.2) is 23.8 Å². The van der Waals surface area contributed by atoms with Crippen LogP contribution in [0.1, 0.15) is 29.3 Å². The largest absolute Gasteiger partial charge is 0.312 e. The van der Waals surface area contributed by atoms with Crippen molar-refractivity contribution in [2.75, 3.05) is 5.33 Å². The Morgan fingerprint density at radius 1 is 1.48 bits per heavy atom. The Kier molecular flexibility index (Phi) is 6.71. The maximum atomic E-state index is 11.9. The number of allylic oxidation sites excluding steroid dienone is 2. The highest BCUT2D eigenvalue weighted by molar-refractivity contribution is 9.09. The van der Waals surface area contributed by atoms with Gasteiger partial charge in [0.15, 0.2) is 5.78 Å². The second-order valence-corrected chi connectivity index (χ2v) is 5.49. The minimum absolute atomic E-state index is 0.0844. The minimum Gasteiger partial charge on any atom is -0.312 e. The van der Waals surface area contributed by atoms with E-state index in [0.29, 0.717) is 17.3 Å². The quantitative estimate of drug-likeness (QED) is 0.362. The molecule has 1 N–H and O–H groups in total. The number of nitrogens with one attached hydrogen (secondary N) is 1. The zero-order valence-electron chi connectivity index (χ0n) is 11.4. The minimum atomic E-state index is -0.572. The molecule has 0 aliphatic heterocycles. The summed E-state index contributed by atoms with van der Waals surface area (Å²) in [6, 6.07) is 2.80. The highest BCUT2D eigenvalue weighted by Gasteiger charge is 2.21. The van der Waals surface area contributed by atoms with Gasteiger partial charge in [0.25, 0.3) is 5.69 Å². The van der Waals surface area contributed by atoms with Gasteiger partial charge in [-0.25, -0.2) is 0 Å². The van der Waals surface area contributed by atoms with Gasteiger partial charge in [0, 0.05) is 23.2 Å². The number of halogens is 2. The van der Waals surface area contributed by atoms with Crippen molar-refractivity contribution >= 4 is 45.2 Å². The number of hydrogen-bond donors (Lipinski definition) is 1. The summed E-state index contributed by atoms with van der Waals surface area (Å²) >= 11 is 8.83. The molecule has 5 nitrogen and oxygen atoms in total. The third kappa shape index (κ3) is 4.75. The molecule has 1 aromatic carbocycles. The Balaban J connectivity index is 0.000000491. The number of rotatable bonds is 2. The van der Waals surface area contributed by atoms with Crippen molar-refractivity contribution in [3.8, 4) is 0 Å². The number of carbonyl (C=O) groups excluding carboxylic acids is 1. The number of aryl methyl sites for hydroxylation is 1. The second-order valence-electron chi connectivity index (χ2n) is 4.43. The van der Waals surface area contributed by atoms with E-state index in [0.717, 1.165) is 17.6 Å². The molecule has 1 aromatic rings. The molecule has 0 atom stereocenters. The number of hydrogen-bond acceptors (Lipinski definition) is 4. The van der Waals surface area contributed by atoms with Crippen molar-refractivity contribution in [3.63, 3.8) is 0 Å². The lowest BCUT2D eigenvalue weighted by molar-refractivity contribution is -0.384. The van der Waals surface area contributed by atoms with Crippen LogP contribution in [0.5, 0.6) is 0 Å². The van der Waals surface area contributed by atoms with Gasteiger partial charge in [0.1, 0.15) is 5.02 Å². The normalized spacial score (nSPS) is 13.3. The smallest absolute Gasteiger partial charge is 0.288 e. The average molecular weight is 374 g/mol. The molecule has 1 aliphatic carbocycles. The Hall–Kier alpha value is -1.53. The third-order valence-electron chi connectivity index (χ3n) is 2.88. The molecule has 2 rings (SSSR count). The van der Waals surface area contributed by atoms with E-state index in [1.54, 1.807) is 0 Å². The molecule has 0 fully saturated rings. The van der Waals surface area contributed by atoms with E-state index < -0.39 is 4.92 Å². The number of nitro benzene ring substituents is 1. The number of carbonyl (C=O) groups is 1. The van der Waals surface area contributed by atoms with Crippen molar-refractivity contribution in [1.82, 2.24) is 0 Å². The fourth-order valence-corrected chi connectivity index (χ4v) is 2.14. The van der Waals surface area contributed by atoms with E-state index >= 15 is 0 Å². The highest BCUT2D eigenvalue weighted by atomic mass is 79.9. The number of nitrogens with zero attached hydrogens (tertiary/aromatic N) is 1. The SMILES string of the molecule is CC1=CC(=O)c2cc([N+](=O)[O-])c(Cl)cc2CC1.N=CCBr. The number of ketones is 1. The van der Waals surface area contributed by atoms with Crippen LogP contribution < -0.4 is 0 Å². The number of alkyl halides is 1. The molecule has 21 heavy (non-hydrogen) atoms. The summed E-state index contributed by atoms with van der Waals surface area (Å²) in [6.07, 6.45) is 4.28. The van der Waals surface area contributed by atoms with E-state index in [-0.39, 0.29) is 16.5 Å². The predicted octanol–water partition coefficient (Wildman–Crippen LogP) is 4.35. The molecule has 0 aromatic heterocycles. The van der Waals surface area contributed by atoms with Gasteiger partial charge in [-0.3, -0.25) is 14.9 Å². The zero-order chi connectivity index (χ0) is 16.0. The molecule has 7 heteroatoms. The van der Waals surface area contributed by atoms with Crippen LogP contribution in [0, 0.1) is 15.5 Å². The van der Waals surface area contributed by atoms with Crippen molar-refractivity contribution in [3.05, 3.63) is 50.0 Å². The van der Waals surface area contributed by atoms with Gasteiger partial charge in [-0.05, 0) is 37.5 Å². The fourth-order valence-electron chi connectivity index (χ4n) is 1.88. The molecule has 1 aliphatic rings. The Bertz CT molecular complexity index is 614. The van der Waals surface area contributed by atoms with Crippen LogP contribution in [0.3, 0.4) is 0 Å². The fraction of sp³-hybridized carbons (Fsp3) is 0.286. The van der Waals surface area contributed by atoms with E-state index in [4.69, 9.17) is 17.0 Å². The molecule has 0 heterocycles. The summed E-state index contributed by atoms with van der Waals surface area (Å²) in [4.78, 5) is 22.0. The number of benzene rings is 1. The second kappa shape index (κ2) is 8.05. The van der Waals surface area contributed by atoms with Gasteiger partial charge in [-0.1, -0.05) is 33.1 Å². The number of fused-ring (bicyclic) bond motifs is 1. The van der Waals surface area contributed by atoms with Crippen LogP contribution in [0.4, 0.5) is 5.69 Å². The molecule has 0 bridgehead atoms. The van der Waals surface area contributed by atoms with E-state index in [1.165, 1.54) is 24.4 Å². The van der Waals surface area contributed by atoms with Crippen molar-refractivity contribution in [2.24, 2.45) is 0 Å². The lowest BCUT2D eigenvalue weighted by Gasteiger charge is -2.05. The summed E-state index contributed by atoms with van der Waals surface area (Å²) in [5.41, 5.74) is 1.92. The number of nitro groups is 1. The molecular weight excluding hydrogens is 360 g/mol. The van der Waals surface area contributed by atoms with Crippen molar-refractivity contribution in [1.29, 1.82) is 5.41 Å². The van der Waals surface area contributed by atoms with E-state index in [9.17, 15) is 14.9 Å². The first-order valence-corrected chi connectivity index (χ1v) is 7.63. The first-order chi connectivity index (χ1) is 9.90. The standard InChI is InChI=1S/C12H10ClNO3.C2H4BrN/c1-7-2-3-8-5-10(13)11(14(16)17)6-9(8)12(15)4-7;3-1-2-4/h4-6H,2-3H2,1H3;2,4H,1H2. The van der Waals surface area contributed by atoms with E-state index in [1.807, 2.05) is 6.92 Å². The van der Waals surface area contributed by atoms with E-state index in [2.05, 4.69) is 15.9 Å². The zero-order valence-corrected chi connectivity index (χ0v) is 13.7. The summed E-state index contributed by atoms with van der Waals surface area (Å²) in [6.45, 7) is 1.87. The van der Waals surface area contributed by atoms with Crippen LogP contribution in [-0.4, -0.2) is 22.3 Å². The predicted molar refractivity (Wildman–Crippen MR) is 87.1 cm³/mol. The average Bonchev–Trinajstić information content (AvgIpc) is 2.57. The molecule has 0 radical (unpaired) electrons. The van der Waals surface area contributed by atoms with Crippen LogP contribution in [0.2, 0.25) is 5.02 Å². The summed E-state index contributed by atoms with van der Waals surface area (Å²) in [7, 11) is 0. The Labute approximate surface area is 135 Å². The molecule has 0 saturated carbocycles. The van der Waals surface area contributed by atoms with Gasteiger partial charge < -0.3 is 5.41 Å². The summed E-state index contributed by atoms with van der Waals surface area (Å²) in [5, 5.41) is 17.8. The lowest BCUT2D eigenvalue weighted by Crippen LogP contribution is -2.01. The van der Waals surface area contributed by atoms with Crippen LogP contribution in [0.25, 0.3) is 0 Å². The highest BCUT2D eigenvalue weighted by Crippen LogP contribution is 2.31. The third-order valence-corrected chi connectivity index (χ3v) is 3.50. The monoisotopic (exact) mass is 372 g/mol. The lowest BCUT2D eigenvalue weighted by atomic mass is 10.0. The molecule has 112 valence electrons. The molecule has 0 unspecified atom stereocenters. The van der Waals surface area contributed by atoms with Gasteiger partial charge in [0.05, 0.1) is 4.92 Å². The topological polar surface area (TPSA) is 84.1 Å². The first-order valence-electron chi connectivity index (χ1n) is 6.14. The van der Waals surface area contributed by atoms with Gasteiger partial charge in [0.2, 0.25) is 0 Å². The maximum Gasteiger partial charge on any atom is 0.288 e. The molecule has 0 spiro atoms. The van der Waals surface area contributed by atoms with Gasteiger partial charge in [-0.15, -0.1) is 0 Å². The maximum absolute atomic E-state index is 11.9. The Morgan fingerprint density at radius 3 is 2.62 bits per heavy atom. The summed E-state index contributed by atoms with van der Waals surface area (Å²) in [5.74, 6) is -0.185. The summed E-state index contributed by atoms with van der Waals surface area (Å²) < 4.78 is 0. The van der Waals surface area contributed by atoms with Crippen molar-refractivity contribution < 1.29 is 9.72 Å². The Morgan fingerprint density at radius 2 is 2.10 bits per heavy atom. The molecular formula is C14H14BrClN2O3. The van der Waals surface area contributed by atoms with Crippen LogP contribution >= 0.6 is 27.5 Å².